The maximum absolute atomic E-state index is 15.1. The van der Waals surface area contributed by atoms with Gasteiger partial charge in [-0.1, -0.05) is 18.2 Å². The summed E-state index contributed by atoms with van der Waals surface area (Å²) in [5, 5.41) is 5.75. The van der Waals surface area contributed by atoms with Gasteiger partial charge in [0.25, 0.3) is 17.7 Å². The normalized spacial score (nSPS) is 18.5. The molecule has 0 radical (unpaired) electrons. The molecule has 12 heteroatoms. The van der Waals surface area contributed by atoms with Crippen LogP contribution in [0, 0.1) is 12.7 Å². The molecule has 7 rings (SSSR count). The highest BCUT2D eigenvalue weighted by molar-refractivity contribution is 5.96. The highest BCUT2D eigenvalue weighted by atomic mass is 19.1. The molecule has 0 spiro atoms. The highest BCUT2D eigenvalue weighted by Crippen LogP contribution is 2.29. The number of oxazole rings is 1. The first-order valence-corrected chi connectivity index (χ1v) is 14.4. The van der Waals surface area contributed by atoms with Crippen LogP contribution in [0.5, 0.6) is 17.2 Å². The third-order valence-corrected chi connectivity index (χ3v) is 7.86. The van der Waals surface area contributed by atoms with Crippen molar-refractivity contribution in [1.29, 1.82) is 0 Å². The summed E-state index contributed by atoms with van der Waals surface area (Å²) in [6.45, 7) is 2.05. The van der Waals surface area contributed by atoms with E-state index in [1.807, 2.05) is 0 Å². The number of carbonyl (C=O) groups excluding carboxylic acids is 3. The molecule has 232 valence electrons. The quantitative estimate of drug-likeness (QED) is 0.348. The molecule has 3 amide bonds. The Labute approximate surface area is 258 Å². The standard InChI is InChI=1S/C33H31FN4O7/c1-19-31(44-18-36-19)33(41)38-11-10-28-27(16-38)37-32(40)25-13-21(7-9-26(25)34)20-4-3-5-23(12-20)43-17-30(39)35-15-22-6-8-24(45-28)14-29(22)42-2/h3-9,12-14,18,27-28H,10-11,15-17H2,1-2H3,(H,35,39)(H,37,40)/t27-,28+/m1/s1. The fourth-order valence-corrected chi connectivity index (χ4v) is 5.45. The smallest absolute Gasteiger partial charge is 0.291 e. The first-order valence-electron chi connectivity index (χ1n) is 14.4. The molecule has 3 aliphatic heterocycles. The molecule has 3 aromatic carbocycles. The predicted molar refractivity (Wildman–Crippen MR) is 160 cm³/mol. The minimum Gasteiger partial charge on any atom is -0.496 e. The van der Waals surface area contributed by atoms with Crippen LogP contribution in [0.2, 0.25) is 0 Å². The maximum Gasteiger partial charge on any atom is 0.291 e. The SMILES string of the molecule is COc1cc2ccc1CNC(=O)COc1cccc(c1)-c1ccc(F)c(c1)C(=O)N[C@@H]1CN(C(=O)c3ocnc3C)CC[C@@H]1O2. The Morgan fingerprint density at radius 1 is 1.07 bits per heavy atom. The van der Waals surface area contributed by atoms with Crippen LogP contribution in [-0.4, -0.2) is 66.6 Å². The molecule has 1 saturated heterocycles. The Morgan fingerprint density at radius 3 is 2.71 bits per heavy atom. The van der Waals surface area contributed by atoms with E-state index in [4.69, 9.17) is 18.6 Å². The van der Waals surface area contributed by atoms with Crippen LogP contribution in [0.15, 0.2) is 71.5 Å². The van der Waals surface area contributed by atoms with Crippen molar-refractivity contribution >= 4 is 17.7 Å². The molecule has 45 heavy (non-hydrogen) atoms. The number of rotatable bonds is 2. The monoisotopic (exact) mass is 614 g/mol. The van der Waals surface area contributed by atoms with Crippen molar-refractivity contribution in [1.82, 2.24) is 20.5 Å². The molecule has 11 nitrogen and oxygen atoms in total. The fourth-order valence-electron chi connectivity index (χ4n) is 5.45. The van der Waals surface area contributed by atoms with Gasteiger partial charge in [0.15, 0.2) is 13.0 Å². The zero-order valence-electron chi connectivity index (χ0n) is 24.7. The summed E-state index contributed by atoms with van der Waals surface area (Å²) in [6, 6.07) is 15.7. The van der Waals surface area contributed by atoms with Crippen molar-refractivity contribution in [3.8, 4) is 28.4 Å². The van der Waals surface area contributed by atoms with Gasteiger partial charge >= 0.3 is 0 Å². The summed E-state index contributed by atoms with van der Waals surface area (Å²) in [6.07, 6.45) is 0.995. The third kappa shape index (κ3) is 6.44. The van der Waals surface area contributed by atoms with Gasteiger partial charge < -0.3 is 34.2 Å². The number of ether oxygens (including phenoxy) is 3. The van der Waals surface area contributed by atoms with Gasteiger partial charge in [-0.2, -0.15) is 0 Å². The summed E-state index contributed by atoms with van der Waals surface area (Å²) < 4.78 is 38.1. The van der Waals surface area contributed by atoms with Crippen LogP contribution in [0.1, 0.15) is 38.6 Å². The topological polar surface area (TPSA) is 132 Å². The lowest BCUT2D eigenvalue weighted by molar-refractivity contribution is -0.123. The number of piperidine rings is 1. The molecule has 0 saturated carbocycles. The van der Waals surface area contributed by atoms with Crippen molar-refractivity contribution in [2.75, 3.05) is 26.8 Å². The number of fused-ring (bicyclic) bond motifs is 7. The Morgan fingerprint density at radius 2 is 1.91 bits per heavy atom. The average molecular weight is 615 g/mol. The van der Waals surface area contributed by atoms with Gasteiger partial charge in [0.1, 0.15) is 29.2 Å². The Hall–Kier alpha value is -5.39. The molecular formula is C33H31FN4O7. The van der Waals surface area contributed by atoms with E-state index in [1.165, 1.54) is 25.6 Å². The summed E-state index contributed by atoms with van der Waals surface area (Å²) in [5.41, 5.74) is 2.24. The number of carbonyl (C=O) groups is 3. The Bertz CT molecular complexity index is 1760. The fraction of sp³-hybridized carbons (Fsp3) is 0.273. The highest BCUT2D eigenvalue weighted by Gasteiger charge is 2.36. The summed E-state index contributed by atoms with van der Waals surface area (Å²) in [4.78, 5) is 45.1. The minimum atomic E-state index is -0.714. The third-order valence-electron chi connectivity index (χ3n) is 7.86. The van der Waals surface area contributed by atoms with Crippen LogP contribution < -0.4 is 24.8 Å². The first-order chi connectivity index (χ1) is 21.8. The number of benzene rings is 3. The van der Waals surface area contributed by atoms with Gasteiger partial charge in [-0.3, -0.25) is 14.4 Å². The number of methoxy groups -OCH3 is 1. The number of amides is 3. The zero-order chi connectivity index (χ0) is 31.5. The number of nitrogens with one attached hydrogen (secondary N) is 2. The van der Waals surface area contributed by atoms with Gasteiger partial charge in [0.05, 0.1) is 24.4 Å². The number of hydrogen-bond donors (Lipinski definition) is 2. The number of nitrogens with zero attached hydrogens (tertiary/aromatic N) is 2. The number of halogens is 1. The van der Waals surface area contributed by atoms with Crippen molar-refractivity contribution in [3.05, 3.63) is 95.5 Å². The Balaban J connectivity index is 1.36. The van der Waals surface area contributed by atoms with Gasteiger partial charge in [0, 0.05) is 37.7 Å². The van der Waals surface area contributed by atoms with Gasteiger partial charge in [-0.15, -0.1) is 0 Å². The molecule has 2 N–H and O–H groups in total. The van der Waals surface area contributed by atoms with Gasteiger partial charge in [-0.05, 0) is 54.4 Å². The molecule has 4 aromatic rings. The van der Waals surface area contributed by atoms with Crippen molar-refractivity contribution in [2.24, 2.45) is 0 Å². The van der Waals surface area contributed by atoms with Crippen LogP contribution in [0.3, 0.4) is 0 Å². The summed E-state index contributed by atoms with van der Waals surface area (Å²) >= 11 is 0. The van der Waals surface area contributed by atoms with Crippen molar-refractivity contribution in [3.63, 3.8) is 0 Å². The molecule has 1 aromatic heterocycles. The first kappa shape index (κ1) is 29.7. The lowest BCUT2D eigenvalue weighted by atomic mass is 9.99. The van der Waals surface area contributed by atoms with Gasteiger partial charge in [0.2, 0.25) is 5.76 Å². The predicted octanol–water partition coefficient (Wildman–Crippen LogP) is 3.90. The zero-order valence-corrected chi connectivity index (χ0v) is 24.7. The molecule has 2 atom stereocenters. The maximum atomic E-state index is 15.1. The number of hydrogen-bond acceptors (Lipinski definition) is 8. The molecule has 3 aliphatic rings. The second-order valence-corrected chi connectivity index (χ2v) is 10.8. The molecular weight excluding hydrogens is 583 g/mol. The second-order valence-electron chi connectivity index (χ2n) is 10.8. The van der Waals surface area contributed by atoms with Crippen molar-refractivity contribution in [2.45, 2.75) is 32.0 Å². The van der Waals surface area contributed by atoms with E-state index in [9.17, 15) is 14.4 Å². The largest absolute Gasteiger partial charge is 0.496 e. The lowest BCUT2D eigenvalue weighted by Crippen LogP contribution is -2.58. The van der Waals surface area contributed by atoms with E-state index < -0.39 is 23.9 Å². The van der Waals surface area contributed by atoms with Crippen molar-refractivity contribution < 1.29 is 37.4 Å². The van der Waals surface area contributed by atoms with E-state index in [-0.39, 0.29) is 42.8 Å². The molecule has 6 bridgehead atoms. The lowest BCUT2D eigenvalue weighted by Gasteiger charge is -2.38. The second kappa shape index (κ2) is 12.7. The summed E-state index contributed by atoms with van der Waals surface area (Å²) in [5.74, 6) is -0.570. The molecule has 0 aliphatic carbocycles. The number of aromatic nitrogens is 1. The number of likely N-dealkylation sites (tertiary alicyclic amines) is 1. The minimum absolute atomic E-state index is 0.0807. The van der Waals surface area contributed by atoms with Gasteiger partial charge in [-0.25, -0.2) is 9.37 Å². The van der Waals surface area contributed by atoms with E-state index in [0.717, 1.165) is 5.56 Å². The van der Waals surface area contributed by atoms with Crippen LogP contribution >= 0.6 is 0 Å². The van der Waals surface area contributed by atoms with E-state index in [0.29, 0.717) is 47.0 Å². The average Bonchev–Trinajstić information content (AvgIpc) is 3.49. The van der Waals surface area contributed by atoms with E-state index >= 15 is 4.39 Å². The van der Waals surface area contributed by atoms with E-state index in [1.54, 1.807) is 60.4 Å². The molecule has 0 unspecified atom stereocenters. The van der Waals surface area contributed by atoms with Crippen LogP contribution in [0.4, 0.5) is 4.39 Å². The Kier molecular flexibility index (Phi) is 8.37. The number of aryl methyl sites for hydroxylation is 1. The van der Waals surface area contributed by atoms with Crippen LogP contribution in [-0.2, 0) is 11.3 Å². The summed E-state index contributed by atoms with van der Waals surface area (Å²) in [7, 11) is 1.51. The molecule has 1 fully saturated rings. The van der Waals surface area contributed by atoms with Crippen LogP contribution in [0.25, 0.3) is 11.1 Å². The molecule has 4 heterocycles. The van der Waals surface area contributed by atoms with E-state index in [2.05, 4.69) is 15.6 Å².